The van der Waals surface area contributed by atoms with Crippen LogP contribution in [0, 0.1) is 0 Å². The molecule has 0 bridgehead atoms. The van der Waals surface area contributed by atoms with Crippen molar-refractivity contribution in [1.29, 1.82) is 0 Å². The highest BCUT2D eigenvalue weighted by atomic mass is 35.5. The lowest BCUT2D eigenvalue weighted by Gasteiger charge is -2.22. The monoisotopic (exact) mass is 337 g/mol. The summed E-state index contributed by atoms with van der Waals surface area (Å²) in [6.07, 6.45) is 14.9. The molecule has 0 aliphatic rings. The number of halogens is 1. The SMILES string of the molecule is CCCCCCCCCCCCC(Cl)N(C)Cc1ccccc1. The zero-order chi connectivity index (χ0) is 16.8. The van der Waals surface area contributed by atoms with Gasteiger partial charge in [0.05, 0.1) is 5.50 Å². The van der Waals surface area contributed by atoms with Crippen molar-refractivity contribution < 1.29 is 0 Å². The summed E-state index contributed by atoms with van der Waals surface area (Å²) in [6, 6.07) is 10.6. The standard InChI is InChI=1S/C21H36ClN/c1-3-4-5-6-7-8-9-10-11-15-18-21(22)23(2)19-20-16-13-12-14-17-20/h12-14,16-17,21H,3-11,15,18-19H2,1-2H3. The first kappa shape index (κ1) is 20.5. The second kappa shape index (κ2) is 13.9. The lowest BCUT2D eigenvalue weighted by atomic mass is 10.1. The van der Waals surface area contributed by atoms with Crippen LogP contribution in [0.25, 0.3) is 0 Å². The Kier molecular flexibility index (Phi) is 12.4. The van der Waals surface area contributed by atoms with Gasteiger partial charge < -0.3 is 0 Å². The maximum Gasteiger partial charge on any atom is 0.0850 e. The summed E-state index contributed by atoms with van der Waals surface area (Å²) in [5.41, 5.74) is 1.49. The quantitative estimate of drug-likeness (QED) is 0.201. The molecule has 1 nitrogen and oxygen atoms in total. The molecule has 0 amide bonds. The van der Waals surface area contributed by atoms with Crippen LogP contribution in [-0.2, 0) is 6.54 Å². The number of benzene rings is 1. The Morgan fingerprint density at radius 1 is 0.826 bits per heavy atom. The maximum absolute atomic E-state index is 6.52. The highest BCUT2D eigenvalue weighted by Crippen LogP contribution is 2.17. The topological polar surface area (TPSA) is 3.24 Å². The molecule has 0 spiro atoms. The lowest BCUT2D eigenvalue weighted by Crippen LogP contribution is -2.26. The fraction of sp³-hybridized carbons (Fsp3) is 0.714. The van der Waals surface area contributed by atoms with E-state index in [1.165, 1.54) is 69.8 Å². The molecule has 0 N–H and O–H groups in total. The second-order valence-electron chi connectivity index (χ2n) is 6.81. The number of alkyl halides is 1. The third-order valence-electron chi connectivity index (χ3n) is 4.55. The van der Waals surface area contributed by atoms with Crippen molar-refractivity contribution in [2.24, 2.45) is 0 Å². The summed E-state index contributed by atoms with van der Waals surface area (Å²) in [7, 11) is 2.13. The summed E-state index contributed by atoms with van der Waals surface area (Å²) in [5.74, 6) is 0. The highest BCUT2D eigenvalue weighted by Gasteiger charge is 2.11. The summed E-state index contributed by atoms with van der Waals surface area (Å²) in [5, 5.41) is 0. The summed E-state index contributed by atoms with van der Waals surface area (Å²) < 4.78 is 0. The van der Waals surface area contributed by atoms with Crippen LogP contribution in [0.1, 0.15) is 83.1 Å². The largest absolute Gasteiger partial charge is 0.286 e. The smallest absolute Gasteiger partial charge is 0.0850 e. The number of nitrogens with zero attached hydrogens (tertiary/aromatic N) is 1. The van der Waals surface area contributed by atoms with E-state index in [4.69, 9.17) is 11.6 Å². The summed E-state index contributed by atoms with van der Waals surface area (Å²) in [4.78, 5) is 2.25. The van der Waals surface area contributed by atoms with Crippen LogP contribution in [0.15, 0.2) is 30.3 Å². The molecular weight excluding hydrogens is 302 g/mol. The first-order valence-electron chi connectivity index (χ1n) is 9.62. The molecule has 1 rings (SSSR count). The minimum atomic E-state index is 0.157. The molecule has 0 aliphatic heterocycles. The van der Waals surface area contributed by atoms with Gasteiger partial charge in [0.2, 0.25) is 0 Å². The Balaban J connectivity index is 1.96. The van der Waals surface area contributed by atoms with Gasteiger partial charge in [-0.3, -0.25) is 4.90 Å². The van der Waals surface area contributed by atoms with E-state index in [9.17, 15) is 0 Å². The van der Waals surface area contributed by atoms with Crippen molar-refractivity contribution >= 4 is 11.6 Å². The Bertz CT molecular complexity index is 365. The molecule has 2 heteroatoms. The van der Waals surface area contributed by atoms with Gasteiger partial charge in [0.1, 0.15) is 0 Å². The molecule has 0 radical (unpaired) electrons. The van der Waals surface area contributed by atoms with Crippen molar-refractivity contribution in [3.05, 3.63) is 35.9 Å². The number of rotatable bonds is 14. The van der Waals surface area contributed by atoms with Gasteiger partial charge in [-0.15, -0.1) is 11.6 Å². The summed E-state index contributed by atoms with van der Waals surface area (Å²) >= 11 is 6.52. The summed E-state index contributed by atoms with van der Waals surface area (Å²) in [6.45, 7) is 3.22. The van der Waals surface area contributed by atoms with Crippen molar-refractivity contribution in [3.63, 3.8) is 0 Å². The van der Waals surface area contributed by atoms with Crippen molar-refractivity contribution in [2.45, 2.75) is 89.6 Å². The van der Waals surface area contributed by atoms with E-state index in [2.05, 4.69) is 49.2 Å². The third-order valence-corrected chi connectivity index (χ3v) is 5.10. The minimum Gasteiger partial charge on any atom is -0.286 e. The van der Waals surface area contributed by atoms with Crippen molar-refractivity contribution in [1.82, 2.24) is 4.90 Å². The van der Waals surface area contributed by atoms with Gasteiger partial charge in [0.25, 0.3) is 0 Å². The van der Waals surface area contributed by atoms with Gasteiger partial charge in [-0.1, -0.05) is 101 Å². The van der Waals surface area contributed by atoms with Crippen LogP contribution in [0.3, 0.4) is 0 Å². The van der Waals surface area contributed by atoms with E-state index in [0.717, 1.165) is 13.0 Å². The number of hydrogen-bond acceptors (Lipinski definition) is 1. The number of hydrogen-bond donors (Lipinski definition) is 0. The predicted molar refractivity (Wildman–Crippen MR) is 104 cm³/mol. The molecule has 132 valence electrons. The average Bonchev–Trinajstić information content (AvgIpc) is 2.57. The van der Waals surface area contributed by atoms with Crippen LogP contribution >= 0.6 is 11.6 Å². The fourth-order valence-corrected chi connectivity index (χ4v) is 3.21. The third kappa shape index (κ3) is 10.8. The van der Waals surface area contributed by atoms with Crippen molar-refractivity contribution in [3.8, 4) is 0 Å². The van der Waals surface area contributed by atoms with Crippen LogP contribution in [0.2, 0.25) is 0 Å². The van der Waals surface area contributed by atoms with E-state index in [1.54, 1.807) is 0 Å². The zero-order valence-corrected chi connectivity index (χ0v) is 16.0. The van der Waals surface area contributed by atoms with E-state index >= 15 is 0 Å². The Labute approximate surface area is 149 Å². The van der Waals surface area contributed by atoms with Crippen molar-refractivity contribution in [2.75, 3.05) is 7.05 Å². The second-order valence-corrected chi connectivity index (χ2v) is 7.31. The van der Waals surface area contributed by atoms with E-state index in [0.29, 0.717) is 0 Å². The Morgan fingerprint density at radius 2 is 1.35 bits per heavy atom. The Morgan fingerprint density at radius 3 is 1.91 bits per heavy atom. The molecule has 0 heterocycles. The lowest BCUT2D eigenvalue weighted by molar-refractivity contribution is 0.283. The van der Waals surface area contributed by atoms with Gasteiger partial charge in [0.15, 0.2) is 0 Å². The van der Waals surface area contributed by atoms with Crippen LogP contribution in [0.5, 0.6) is 0 Å². The molecule has 1 atom stereocenters. The predicted octanol–water partition coefficient (Wildman–Crippen LogP) is 6.99. The first-order chi connectivity index (χ1) is 11.2. The van der Waals surface area contributed by atoms with E-state index < -0.39 is 0 Å². The molecule has 0 aromatic heterocycles. The van der Waals surface area contributed by atoms with Gasteiger partial charge >= 0.3 is 0 Å². The molecule has 0 aliphatic carbocycles. The molecule has 0 fully saturated rings. The molecular formula is C21H36ClN. The maximum atomic E-state index is 6.52. The molecule has 23 heavy (non-hydrogen) atoms. The van der Waals surface area contributed by atoms with Gasteiger partial charge in [0, 0.05) is 6.54 Å². The van der Waals surface area contributed by atoms with Crippen LogP contribution < -0.4 is 0 Å². The molecule has 1 aromatic carbocycles. The fourth-order valence-electron chi connectivity index (χ4n) is 2.99. The average molecular weight is 338 g/mol. The Hall–Kier alpha value is -0.530. The molecule has 0 saturated heterocycles. The molecule has 1 unspecified atom stereocenters. The van der Waals surface area contributed by atoms with Gasteiger partial charge in [-0.05, 0) is 19.0 Å². The minimum absolute atomic E-state index is 0.157. The molecule has 1 aromatic rings. The van der Waals surface area contributed by atoms with Crippen LogP contribution in [0.4, 0.5) is 0 Å². The molecule has 0 saturated carbocycles. The zero-order valence-electron chi connectivity index (χ0n) is 15.3. The number of unbranched alkanes of at least 4 members (excludes halogenated alkanes) is 9. The normalized spacial score (nSPS) is 12.7. The van der Waals surface area contributed by atoms with E-state index in [-0.39, 0.29) is 5.50 Å². The van der Waals surface area contributed by atoms with E-state index in [1.807, 2.05) is 0 Å². The van der Waals surface area contributed by atoms with Gasteiger partial charge in [-0.2, -0.15) is 0 Å². The van der Waals surface area contributed by atoms with Gasteiger partial charge in [-0.25, -0.2) is 0 Å². The first-order valence-corrected chi connectivity index (χ1v) is 10.1. The highest BCUT2D eigenvalue weighted by molar-refractivity contribution is 6.20. The van der Waals surface area contributed by atoms with Crippen LogP contribution in [-0.4, -0.2) is 17.4 Å².